The van der Waals surface area contributed by atoms with Gasteiger partial charge in [-0.05, 0) is 30.9 Å². The van der Waals surface area contributed by atoms with Crippen molar-refractivity contribution in [3.63, 3.8) is 0 Å². The zero-order valence-electron chi connectivity index (χ0n) is 11.7. The number of carbonyl (C=O) groups excluding carboxylic acids is 1. The topological polar surface area (TPSA) is 71.2 Å². The number of amides is 1. The molecule has 0 spiro atoms. The van der Waals surface area contributed by atoms with Crippen LogP contribution in [0.2, 0.25) is 0 Å². The molecule has 1 aromatic rings. The van der Waals surface area contributed by atoms with E-state index in [2.05, 4.69) is 10.3 Å². The molecule has 1 aromatic heterocycles. The van der Waals surface area contributed by atoms with Crippen LogP contribution < -0.4 is 16.0 Å². The van der Waals surface area contributed by atoms with E-state index in [9.17, 15) is 4.79 Å². The summed E-state index contributed by atoms with van der Waals surface area (Å²) in [4.78, 5) is 18.0. The summed E-state index contributed by atoms with van der Waals surface area (Å²) in [5.74, 6) is 1.32. The first-order valence-electron chi connectivity index (χ1n) is 6.25. The van der Waals surface area contributed by atoms with E-state index in [4.69, 9.17) is 5.73 Å². The lowest BCUT2D eigenvalue weighted by Crippen LogP contribution is -2.38. The molecule has 1 aliphatic rings. The van der Waals surface area contributed by atoms with Crippen LogP contribution in [0.15, 0.2) is 18.3 Å². The van der Waals surface area contributed by atoms with Gasteiger partial charge in [0, 0.05) is 32.9 Å². The van der Waals surface area contributed by atoms with E-state index in [0.29, 0.717) is 18.0 Å². The van der Waals surface area contributed by atoms with Crippen LogP contribution >= 0.6 is 24.8 Å². The van der Waals surface area contributed by atoms with Gasteiger partial charge >= 0.3 is 0 Å². The Labute approximate surface area is 132 Å². The predicted octanol–water partition coefficient (Wildman–Crippen LogP) is 1.46. The second kappa shape index (κ2) is 8.29. The Hall–Kier alpha value is -1.04. The van der Waals surface area contributed by atoms with Crippen LogP contribution in [-0.4, -0.2) is 37.6 Å². The lowest BCUT2D eigenvalue weighted by molar-refractivity contribution is 0.0950. The normalized spacial score (nSPS) is 14.6. The van der Waals surface area contributed by atoms with E-state index in [1.807, 2.05) is 25.1 Å². The van der Waals surface area contributed by atoms with Crippen molar-refractivity contribution in [2.45, 2.75) is 18.9 Å². The molecule has 2 rings (SSSR count). The van der Waals surface area contributed by atoms with Crippen molar-refractivity contribution in [1.82, 2.24) is 10.3 Å². The molecule has 7 heteroatoms. The van der Waals surface area contributed by atoms with Crippen LogP contribution in [0.4, 0.5) is 5.82 Å². The molecule has 0 saturated heterocycles. The summed E-state index contributed by atoms with van der Waals surface area (Å²) in [7, 11) is 3.83. The number of nitrogens with zero attached hydrogens (tertiary/aromatic N) is 2. The first-order valence-corrected chi connectivity index (χ1v) is 6.25. The molecule has 1 fully saturated rings. The molecule has 1 amide bonds. The number of rotatable bonds is 5. The Bertz CT molecular complexity index is 421. The number of halogens is 2. The van der Waals surface area contributed by atoms with Crippen molar-refractivity contribution >= 4 is 36.5 Å². The highest BCUT2D eigenvalue weighted by molar-refractivity contribution is 5.94. The van der Waals surface area contributed by atoms with Crippen LogP contribution in [-0.2, 0) is 0 Å². The molecule has 1 heterocycles. The first kappa shape index (κ1) is 19.0. The lowest BCUT2D eigenvalue weighted by atomic mass is 10.2. The van der Waals surface area contributed by atoms with Gasteiger partial charge in [0.25, 0.3) is 5.91 Å². The fraction of sp³-hybridized carbons (Fsp3) is 0.538. The molecule has 0 radical (unpaired) electrons. The van der Waals surface area contributed by atoms with Crippen LogP contribution in [0, 0.1) is 5.92 Å². The number of pyridine rings is 1. The lowest BCUT2D eigenvalue weighted by Gasteiger charge is -2.13. The molecule has 1 unspecified atom stereocenters. The summed E-state index contributed by atoms with van der Waals surface area (Å²) in [6, 6.07) is 3.69. The van der Waals surface area contributed by atoms with Crippen molar-refractivity contribution in [3.05, 3.63) is 23.9 Å². The van der Waals surface area contributed by atoms with E-state index in [1.165, 1.54) is 12.8 Å². The van der Waals surface area contributed by atoms with Crippen LogP contribution in [0.3, 0.4) is 0 Å². The molecule has 3 N–H and O–H groups in total. The molecule has 1 aliphatic carbocycles. The number of hydrogen-bond donors (Lipinski definition) is 2. The number of carbonyl (C=O) groups is 1. The Morgan fingerprint density at radius 3 is 2.55 bits per heavy atom. The minimum Gasteiger partial charge on any atom is -0.363 e. The van der Waals surface area contributed by atoms with E-state index in [1.54, 1.807) is 12.3 Å². The molecule has 0 aromatic carbocycles. The van der Waals surface area contributed by atoms with Gasteiger partial charge in [-0.15, -0.1) is 24.8 Å². The molecule has 1 saturated carbocycles. The smallest absolute Gasteiger partial charge is 0.252 e. The largest absolute Gasteiger partial charge is 0.363 e. The summed E-state index contributed by atoms with van der Waals surface area (Å²) in [6.45, 7) is 0.541. The maximum absolute atomic E-state index is 11.9. The zero-order chi connectivity index (χ0) is 13.1. The predicted molar refractivity (Wildman–Crippen MR) is 86.1 cm³/mol. The molecule has 0 bridgehead atoms. The zero-order valence-corrected chi connectivity index (χ0v) is 13.3. The summed E-state index contributed by atoms with van der Waals surface area (Å²) >= 11 is 0. The van der Waals surface area contributed by atoms with Gasteiger partial charge in [-0.3, -0.25) is 4.79 Å². The summed E-state index contributed by atoms with van der Waals surface area (Å²) in [5.41, 5.74) is 6.50. The van der Waals surface area contributed by atoms with Gasteiger partial charge in [-0.2, -0.15) is 0 Å². The van der Waals surface area contributed by atoms with Gasteiger partial charge in [0.15, 0.2) is 0 Å². The molecule has 1 atom stereocenters. The number of nitrogens with two attached hydrogens (primary N) is 1. The Balaban J connectivity index is 0.00000180. The van der Waals surface area contributed by atoms with Gasteiger partial charge in [0.2, 0.25) is 0 Å². The van der Waals surface area contributed by atoms with Gasteiger partial charge in [0.05, 0.1) is 5.56 Å². The number of hydrogen-bond acceptors (Lipinski definition) is 4. The summed E-state index contributed by atoms with van der Waals surface area (Å²) in [6.07, 6.45) is 3.97. The third kappa shape index (κ3) is 5.15. The fourth-order valence-electron chi connectivity index (χ4n) is 1.79. The minimum absolute atomic E-state index is 0. The van der Waals surface area contributed by atoms with Crippen LogP contribution in [0.1, 0.15) is 23.2 Å². The molecule has 0 aliphatic heterocycles. The molecule has 114 valence electrons. The standard InChI is InChI=1S/C13H20N4O.2ClH/c1-17(2)12-6-5-10(7-15-12)13(18)16-8-11(14)9-3-4-9;;/h5-7,9,11H,3-4,8,14H2,1-2H3,(H,16,18);2*1H. The SMILES string of the molecule is CN(C)c1ccc(C(=O)NCC(N)C2CC2)cn1.Cl.Cl. The van der Waals surface area contributed by atoms with E-state index < -0.39 is 0 Å². The highest BCUT2D eigenvalue weighted by atomic mass is 35.5. The van der Waals surface area contributed by atoms with Gasteiger partial charge < -0.3 is 16.0 Å². The third-order valence-electron chi connectivity index (χ3n) is 3.19. The number of nitrogens with one attached hydrogen (secondary N) is 1. The van der Waals surface area contributed by atoms with Gasteiger partial charge in [-0.1, -0.05) is 0 Å². The quantitative estimate of drug-likeness (QED) is 0.861. The van der Waals surface area contributed by atoms with Crippen molar-refractivity contribution in [2.75, 3.05) is 25.5 Å². The average molecular weight is 321 g/mol. The third-order valence-corrected chi connectivity index (χ3v) is 3.19. The number of anilines is 1. The summed E-state index contributed by atoms with van der Waals surface area (Å²) in [5, 5.41) is 2.85. The maximum Gasteiger partial charge on any atom is 0.252 e. The highest BCUT2D eigenvalue weighted by Crippen LogP contribution is 2.31. The van der Waals surface area contributed by atoms with Gasteiger partial charge in [-0.25, -0.2) is 4.98 Å². The second-order valence-corrected chi connectivity index (χ2v) is 5.01. The maximum atomic E-state index is 11.9. The van der Waals surface area contributed by atoms with Crippen molar-refractivity contribution < 1.29 is 4.79 Å². The highest BCUT2D eigenvalue weighted by Gasteiger charge is 2.28. The Morgan fingerprint density at radius 1 is 1.45 bits per heavy atom. The molecular formula is C13H22Cl2N4O. The molecule has 5 nitrogen and oxygen atoms in total. The second-order valence-electron chi connectivity index (χ2n) is 5.01. The fourth-order valence-corrected chi connectivity index (χ4v) is 1.79. The van der Waals surface area contributed by atoms with Crippen molar-refractivity contribution in [1.29, 1.82) is 0 Å². The van der Waals surface area contributed by atoms with Crippen molar-refractivity contribution in [3.8, 4) is 0 Å². The van der Waals surface area contributed by atoms with Crippen molar-refractivity contribution in [2.24, 2.45) is 11.7 Å². The van der Waals surface area contributed by atoms with E-state index in [0.717, 1.165) is 5.82 Å². The number of aromatic nitrogens is 1. The Morgan fingerprint density at radius 2 is 2.10 bits per heavy atom. The van der Waals surface area contributed by atoms with E-state index in [-0.39, 0.29) is 36.8 Å². The minimum atomic E-state index is -0.107. The molecule has 20 heavy (non-hydrogen) atoms. The molecular weight excluding hydrogens is 299 g/mol. The summed E-state index contributed by atoms with van der Waals surface area (Å²) < 4.78 is 0. The van der Waals surface area contributed by atoms with E-state index >= 15 is 0 Å². The van der Waals surface area contributed by atoms with Gasteiger partial charge in [0.1, 0.15) is 5.82 Å². The average Bonchev–Trinajstić information content (AvgIpc) is 3.20. The Kier molecular flexibility index (Phi) is 7.86. The van der Waals surface area contributed by atoms with Crippen LogP contribution in [0.5, 0.6) is 0 Å². The monoisotopic (exact) mass is 320 g/mol. The van der Waals surface area contributed by atoms with Crippen LogP contribution in [0.25, 0.3) is 0 Å². The first-order chi connectivity index (χ1) is 8.58.